The molecule has 0 saturated heterocycles. The number of aliphatic hydroxyl groups is 1. The molecule has 0 saturated carbocycles. The Morgan fingerprint density at radius 2 is 2.28 bits per heavy atom. The molecule has 1 amide bonds. The van der Waals surface area contributed by atoms with Crippen LogP contribution in [0.25, 0.3) is 0 Å². The van der Waals surface area contributed by atoms with Gasteiger partial charge in [0.05, 0.1) is 6.61 Å². The lowest BCUT2D eigenvalue weighted by Crippen LogP contribution is -2.38. The standard InChI is InChI=1S/C11H20N4O2S/c1-4-13-11-14-9(12)8(18-11)10(17)15(5-6-16)7(2)3/h7,16H,4-6,12H2,1-3H3,(H,13,14). The summed E-state index contributed by atoms with van der Waals surface area (Å²) in [5.41, 5.74) is 5.76. The van der Waals surface area contributed by atoms with Crippen LogP contribution >= 0.6 is 11.3 Å². The predicted octanol–water partition coefficient (Wildman–Crippen LogP) is 1.000. The molecule has 0 atom stereocenters. The monoisotopic (exact) mass is 272 g/mol. The SMILES string of the molecule is CCNc1nc(N)c(C(=O)N(CCO)C(C)C)s1. The molecule has 7 heteroatoms. The van der Waals surface area contributed by atoms with Crippen LogP contribution in [0.1, 0.15) is 30.4 Å². The van der Waals surface area contributed by atoms with Gasteiger partial charge in [-0.05, 0) is 20.8 Å². The van der Waals surface area contributed by atoms with E-state index in [4.69, 9.17) is 10.8 Å². The van der Waals surface area contributed by atoms with Crippen molar-refractivity contribution in [3.63, 3.8) is 0 Å². The molecule has 0 aliphatic rings. The van der Waals surface area contributed by atoms with Crippen LogP contribution in [0.5, 0.6) is 0 Å². The highest BCUT2D eigenvalue weighted by Crippen LogP contribution is 2.26. The number of aliphatic hydroxyl groups excluding tert-OH is 1. The van der Waals surface area contributed by atoms with E-state index < -0.39 is 0 Å². The molecule has 1 aromatic rings. The Hall–Kier alpha value is -1.34. The summed E-state index contributed by atoms with van der Waals surface area (Å²) in [7, 11) is 0. The number of hydrogen-bond acceptors (Lipinski definition) is 6. The number of rotatable bonds is 6. The molecule has 1 aromatic heterocycles. The summed E-state index contributed by atoms with van der Waals surface area (Å²) in [5.74, 6) is 0.0581. The highest BCUT2D eigenvalue weighted by atomic mass is 32.1. The van der Waals surface area contributed by atoms with E-state index in [1.54, 1.807) is 4.90 Å². The third-order valence-electron chi connectivity index (χ3n) is 2.40. The molecule has 102 valence electrons. The van der Waals surface area contributed by atoms with Gasteiger partial charge in [-0.3, -0.25) is 4.79 Å². The summed E-state index contributed by atoms with van der Waals surface area (Å²) in [5, 5.41) is 12.7. The van der Waals surface area contributed by atoms with Crippen LogP contribution < -0.4 is 11.1 Å². The van der Waals surface area contributed by atoms with E-state index in [1.807, 2.05) is 20.8 Å². The molecule has 4 N–H and O–H groups in total. The summed E-state index contributed by atoms with van der Waals surface area (Å²) in [4.78, 5) is 18.4. The van der Waals surface area contributed by atoms with Crippen molar-refractivity contribution in [1.82, 2.24) is 9.88 Å². The van der Waals surface area contributed by atoms with E-state index in [2.05, 4.69) is 10.3 Å². The van der Waals surface area contributed by atoms with E-state index in [0.29, 0.717) is 16.6 Å². The van der Waals surface area contributed by atoms with Gasteiger partial charge in [0.2, 0.25) is 0 Å². The molecule has 0 aliphatic heterocycles. The molecule has 0 aromatic carbocycles. The molecule has 6 nitrogen and oxygen atoms in total. The maximum absolute atomic E-state index is 12.3. The van der Waals surface area contributed by atoms with Gasteiger partial charge >= 0.3 is 0 Å². The molecule has 0 unspecified atom stereocenters. The van der Waals surface area contributed by atoms with Gasteiger partial charge in [0, 0.05) is 19.1 Å². The van der Waals surface area contributed by atoms with Gasteiger partial charge in [0.1, 0.15) is 10.7 Å². The lowest BCUT2D eigenvalue weighted by Gasteiger charge is -2.25. The van der Waals surface area contributed by atoms with E-state index >= 15 is 0 Å². The van der Waals surface area contributed by atoms with Gasteiger partial charge in [-0.15, -0.1) is 0 Å². The van der Waals surface area contributed by atoms with Gasteiger partial charge in [-0.1, -0.05) is 11.3 Å². The van der Waals surface area contributed by atoms with Crippen LogP contribution in [0.15, 0.2) is 0 Å². The molecule has 0 radical (unpaired) electrons. The fourth-order valence-electron chi connectivity index (χ4n) is 1.54. The number of nitrogens with one attached hydrogen (secondary N) is 1. The van der Waals surface area contributed by atoms with Crippen molar-refractivity contribution < 1.29 is 9.90 Å². The number of carbonyl (C=O) groups excluding carboxylic acids is 1. The van der Waals surface area contributed by atoms with Crippen LogP contribution in [-0.4, -0.2) is 46.6 Å². The summed E-state index contributed by atoms with van der Waals surface area (Å²) >= 11 is 1.24. The van der Waals surface area contributed by atoms with Crippen LogP contribution in [0.2, 0.25) is 0 Å². The Morgan fingerprint density at radius 3 is 2.78 bits per heavy atom. The Labute approximate surface area is 111 Å². The topological polar surface area (TPSA) is 91.5 Å². The molecule has 0 aliphatic carbocycles. The van der Waals surface area contributed by atoms with Gasteiger partial charge < -0.3 is 21.1 Å². The summed E-state index contributed by atoms with van der Waals surface area (Å²) in [6.07, 6.45) is 0. The zero-order valence-electron chi connectivity index (χ0n) is 10.9. The van der Waals surface area contributed by atoms with Crippen LogP contribution in [0, 0.1) is 0 Å². The second kappa shape index (κ2) is 6.55. The number of nitrogen functional groups attached to an aromatic ring is 1. The smallest absolute Gasteiger partial charge is 0.268 e. The Balaban J connectivity index is 2.93. The molecular formula is C11H20N4O2S. The zero-order valence-corrected chi connectivity index (χ0v) is 11.8. The first-order chi connectivity index (χ1) is 8.51. The van der Waals surface area contributed by atoms with Gasteiger partial charge in [0.15, 0.2) is 5.13 Å². The number of hydrogen-bond donors (Lipinski definition) is 3. The van der Waals surface area contributed by atoms with Gasteiger partial charge in [0.25, 0.3) is 5.91 Å². The second-order valence-corrected chi connectivity index (χ2v) is 5.08. The summed E-state index contributed by atoms with van der Waals surface area (Å²) in [6, 6.07) is 0.00809. The molecule has 0 bridgehead atoms. The number of thiazole rings is 1. The third kappa shape index (κ3) is 3.33. The highest BCUT2D eigenvalue weighted by Gasteiger charge is 2.23. The van der Waals surface area contributed by atoms with Crippen molar-refractivity contribution in [2.75, 3.05) is 30.7 Å². The lowest BCUT2D eigenvalue weighted by molar-refractivity contribution is 0.0671. The van der Waals surface area contributed by atoms with Crippen molar-refractivity contribution in [3.05, 3.63) is 4.88 Å². The maximum atomic E-state index is 12.3. The minimum Gasteiger partial charge on any atom is -0.395 e. The average Bonchev–Trinajstić information content (AvgIpc) is 2.66. The molecule has 1 heterocycles. The van der Waals surface area contributed by atoms with Gasteiger partial charge in [-0.25, -0.2) is 4.98 Å². The van der Waals surface area contributed by atoms with Crippen molar-refractivity contribution in [2.24, 2.45) is 0 Å². The van der Waals surface area contributed by atoms with Crippen LogP contribution in [-0.2, 0) is 0 Å². The predicted molar refractivity (Wildman–Crippen MR) is 73.9 cm³/mol. The van der Waals surface area contributed by atoms with Crippen molar-refractivity contribution in [1.29, 1.82) is 0 Å². The Morgan fingerprint density at radius 1 is 1.61 bits per heavy atom. The first-order valence-electron chi connectivity index (χ1n) is 5.93. The normalized spacial score (nSPS) is 10.7. The number of carbonyl (C=O) groups is 1. The highest BCUT2D eigenvalue weighted by molar-refractivity contribution is 7.18. The Kier molecular flexibility index (Phi) is 5.36. The van der Waals surface area contributed by atoms with Crippen molar-refractivity contribution in [3.8, 4) is 0 Å². The summed E-state index contributed by atoms with van der Waals surface area (Å²) in [6.45, 7) is 6.70. The van der Waals surface area contributed by atoms with Crippen LogP contribution in [0.3, 0.4) is 0 Å². The molecule has 0 spiro atoms. The third-order valence-corrected chi connectivity index (χ3v) is 3.42. The molecule has 1 rings (SSSR count). The quantitative estimate of drug-likeness (QED) is 0.718. The second-order valence-electron chi connectivity index (χ2n) is 4.08. The lowest BCUT2D eigenvalue weighted by atomic mass is 10.3. The number of nitrogens with zero attached hydrogens (tertiary/aromatic N) is 2. The van der Waals surface area contributed by atoms with Crippen molar-refractivity contribution in [2.45, 2.75) is 26.8 Å². The first kappa shape index (κ1) is 14.7. The molecule has 18 heavy (non-hydrogen) atoms. The number of anilines is 2. The van der Waals surface area contributed by atoms with Crippen LogP contribution in [0.4, 0.5) is 10.9 Å². The number of aromatic nitrogens is 1. The minimum atomic E-state index is -0.182. The number of nitrogens with two attached hydrogens (primary N) is 1. The van der Waals surface area contributed by atoms with Gasteiger partial charge in [-0.2, -0.15) is 0 Å². The largest absolute Gasteiger partial charge is 0.395 e. The van der Waals surface area contributed by atoms with E-state index in [0.717, 1.165) is 6.54 Å². The number of amides is 1. The Bertz CT molecular complexity index is 406. The fraction of sp³-hybridized carbons (Fsp3) is 0.636. The fourth-order valence-corrected chi connectivity index (χ4v) is 2.45. The van der Waals surface area contributed by atoms with E-state index in [-0.39, 0.29) is 24.4 Å². The zero-order chi connectivity index (χ0) is 13.7. The minimum absolute atomic E-state index is 0.00809. The van der Waals surface area contributed by atoms with E-state index in [1.165, 1.54) is 11.3 Å². The van der Waals surface area contributed by atoms with Crippen molar-refractivity contribution >= 4 is 28.2 Å². The average molecular weight is 272 g/mol. The molecular weight excluding hydrogens is 252 g/mol. The maximum Gasteiger partial charge on any atom is 0.268 e. The first-order valence-corrected chi connectivity index (χ1v) is 6.74. The summed E-state index contributed by atoms with van der Waals surface area (Å²) < 4.78 is 0. The molecule has 0 fully saturated rings. The van der Waals surface area contributed by atoms with E-state index in [9.17, 15) is 4.79 Å².